The standard InChI is InChI=1S/C20H37NO4/c1-6-15(2)19(5,14-18(3,4)21)17(22)23-11-16-12-24-20(25-13-16)9-7-8-10-20/h15-16H,6-14,21H2,1-5H3. The van der Waals surface area contributed by atoms with Gasteiger partial charge in [0.05, 0.1) is 25.2 Å². The van der Waals surface area contributed by atoms with Crippen LogP contribution in [0, 0.1) is 17.3 Å². The summed E-state index contributed by atoms with van der Waals surface area (Å²) in [5.74, 6) is -0.179. The van der Waals surface area contributed by atoms with Gasteiger partial charge in [-0.2, -0.15) is 0 Å². The Morgan fingerprint density at radius 3 is 2.28 bits per heavy atom. The molecule has 2 atom stereocenters. The summed E-state index contributed by atoms with van der Waals surface area (Å²) in [6, 6.07) is 0. The van der Waals surface area contributed by atoms with Gasteiger partial charge in [-0.15, -0.1) is 0 Å². The molecule has 2 aliphatic rings. The second-order valence-corrected chi connectivity index (χ2v) is 9.10. The lowest BCUT2D eigenvalue weighted by atomic mass is 9.69. The maximum absolute atomic E-state index is 12.9. The van der Waals surface area contributed by atoms with Crippen molar-refractivity contribution in [1.82, 2.24) is 0 Å². The number of nitrogens with two attached hydrogens (primary N) is 1. The summed E-state index contributed by atoms with van der Waals surface area (Å²) in [5.41, 5.74) is 5.22. The van der Waals surface area contributed by atoms with Crippen LogP contribution < -0.4 is 5.73 Å². The van der Waals surface area contributed by atoms with E-state index in [2.05, 4.69) is 13.8 Å². The molecule has 25 heavy (non-hydrogen) atoms. The molecule has 2 unspecified atom stereocenters. The van der Waals surface area contributed by atoms with Crippen LogP contribution >= 0.6 is 0 Å². The van der Waals surface area contributed by atoms with Gasteiger partial charge < -0.3 is 19.9 Å². The van der Waals surface area contributed by atoms with Gasteiger partial charge in [-0.1, -0.05) is 20.3 Å². The van der Waals surface area contributed by atoms with Crippen LogP contribution in [0.1, 0.15) is 73.1 Å². The number of hydrogen-bond acceptors (Lipinski definition) is 5. The van der Waals surface area contributed by atoms with E-state index in [1.165, 1.54) is 12.8 Å². The van der Waals surface area contributed by atoms with Crippen molar-refractivity contribution in [2.24, 2.45) is 23.0 Å². The third kappa shape index (κ3) is 5.18. The number of carbonyl (C=O) groups is 1. The quantitative estimate of drug-likeness (QED) is 0.706. The summed E-state index contributed by atoms with van der Waals surface area (Å²) in [6.07, 6.45) is 5.83. The molecule has 1 spiro atoms. The Balaban J connectivity index is 1.88. The second kappa shape index (κ2) is 7.93. The van der Waals surface area contributed by atoms with Crippen LogP contribution in [0.5, 0.6) is 0 Å². The molecule has 2 rings (SSSR count). The Bertz CT molecular complexity index is 443. The molecule has 2 fully saturated rings. The zero-order valence-electron chi connectivity index (χ0n) is 16.7. The molecule has 5 nitrogen and oxygen atoms in total. The van der Waals surface area contributed by atoms with E-state index in [9.17, 15) is 4.79 Å². The molecule has 0 aromatic rings. The number of esters is 1. The Labute approximate surface area is 153 Å². The van der Waals surface area contributed by atoms with E-state index in [4.69, 9.17) is 19.9 Å². The number of ether oxygens (including phenoxy) is 3. The molecular formula is C20H37NO4. The summed E-state index contributed by atoms with van der Waals surface area (Å²) < 4.78 is 17.7. The van der Waals surface area contributed by atoms with Crippen LogP contribution in [0.4, 0.5) is 0 Å². The lowest BCUT2D eigenvalue weighted by Crippen LogP contribution is -2.47. The predicted octanol–water partition coefficient (Wildman–Crippen LogP) is 3.64. The number of rotatable bonds is 7. The first-order valence-electron chi connectivity index (χ1n) is 9.84. The highest BCUT2D eigenvalue weighted by Crippen LogP contribution is 2.39. The van der Waals surface area contributed by atoms with Crippen molar-refractivity contribution in [3.8, 4) is 0 Å². The lowest BCUT2D eigenvalue weighted by Gasteiger charge is -2.39. The van der Waals surface area contributed by atoms with E-state index in [1.54, 1.807) is 0 Å². The van der Waals surface area contributed by atoms with E-state index in [0.29, 0.717) is 26.2 Å². The Hall–Kier alpha value is -0.650. The van der Waals surface area contributed by atoms with E-state index in [-0.39, 0.29) is 23.6 Å². The van der Waals surface area contributed by atoms with Crippen molar-refractivity contribution in [2.75, 3.05) is 19.8 Å². The summed E-state index contributed by atoms with van der Waals surface area (Å²) in [5, 5.41) is 0. The molecule has 1 saturated heterocycles. The summed E-state index contributed by atoms with van der Waals surface area (Å²) in [6.45, 7) is 11.7. The van der Waals surface area contributed by atoms with Crippen LogP contribution in [0.25, 0.3) is 0 Å². The normalized spacial score (nSPS) is 24.9. The van der Waals surface area contributed by atoms with Crippen molar-refractivity contribution in [3.05, 3.63) is 0 Å². The van der Waals surface area contributed by atoms with Crippen LogP contribution in [0.15, 0.2) is 0 Å². The first kappa shape index (κ1) is 20.7. The van der Waals surface area contributed by atoms with Crippen LogP contribution in [-0.2, 0) is 19.0 Å². The fraction of sp³-hybridized carbons (Fsp3) is 0.950. The average Bonchev–Trinajstić information content (AvgIpc) is 2.99. The Morgan fingerprint density at radius 2 is 1.80 bits per heavy atom. The van der Waals surface area contributed by atoms with Crippen molar-refractivity contribution < 1.29 is 19.0 Å². The number of hydrogen-bond donors (Lipinski definition) is 1. The van der Waals surface area contributed by atoms with E-state index in [0.717, 1.165) is 19.3 Å². The van der Waals surface area contributed by atoms with Crippen LogP contribution in [0.2, 0.25) is 0 Å². The molecule has 1 aliphatic heterocycles. The number of carbonyl (C=O) groups excluding carboxylic acids is 1. The highest BCUT2D eigenvalue weighted by Gasteiger charge is 2.44. The van der Waals surface area contributed by atoms with Gasteiger partial charge in [-0.3, -0.25) is 4.79 Å². The smallest absolute Gasteiger partial charge is 0.312 e. The van der Waals surface area contributed by atoms with Crippen LogP contribution in [-0.4, -0.2) is 37.1 Å². The van der Waals surface area contributed by atoms with Gasteiger partial charge in [0.1, 0.15) is 0 Å². The average molecular weight is 356 g/mol. The zero-order chi connectivity index (χ0) is 18.7. The van der Waals surface area contributed by atoms with Gasteiger partial charge in [-0.05, 0) is 46.0 Å². The predicted molar refractivity (Wildman–Crippen MR) is 98.0 cm³/mol. The second-order valence-electron chi connectivity index (χ2n) is 9.10. The molecule has 2 N–H and O–H groups in total. The summed E-state index contributed by atoms with van der Waals surface area (Å²) in [7, 11) is 0. The highest BCUT2D eigenvalue weighted by molar-refractivity contribution is 5.77. The monoisotopic (exact) mass is 355 g/mol. The molecular weight excluding hydrogens is 318 g/mol. The molecule has 0 aromatic heterocycles. The maximum Gasteiger partial charge on any atom is 0.312 e. The fourth-order valence-electron chi connectivity index (χ4n) is 4.13. The SMILES string of the molecule is CCC(C)C(C)(CC(C)(C)N)C(=O)OCC1COC2(CCCC2)OC1. The van der Waals surface area contributed by atoms with E-state index >= 15 is 0 Å². The molecule has 5 heteroatoms. The van der Waals surface area contributed by atoms with Gasteiger partial charge in [0.25, 0.3) is 0 Å². The molecule has 0 radical (unpaired) electrons. The third-order valence-electron chi connectivity index (χ3n) is 5.97. The maximum atomic E-state index is 12.9. The minimum Gasteiger partial charge on any atom is -0.465 e. The molecule has 1 heterocycles. The Morgan fingerprint density at radius 1 is 1.24 bits per heavy atom. The Kier molecular flexibility index (Phi) is 6.55. The summed E-state index contributed by atoms with van der Waals surface area (Å²) >= 11 is 0. The highest BCUT2D eigenvalue weighted by atomic mass is 16.7. The minimum absolute atomic E-state index is 0.113. The largest absolute Gasteiger partial charge is 0.465 e. The fourth-order valence-corrected chi connectivity index (χ4v) is 4.13. The van der Waals surface area contributed by atoms with Crippen molar-refractivity contribution in [2.45, 2.75) is 84.5 Å². The molecule has 0 aromatic carbocycles. The zero-order valence-corrected chi connectivity index (χ0v) is 16.7. The summed E-state index contributed by atoms with van der Waals surface area (Å²) in [4.78, 5) is 12.9. The topological polar surface area (TPSA) is 70.8 Å². The first-order valence-corrected chi connectivity index (χ1v) is 9.84. The van der Waals surface area contributed by atoms with Crippen LogP contribution in [0.3, 0.4) is 0 Å². The van der Waals surface area contributed by atoms with Gasteiger partial charge in [0.15, 0.2) is 5.79 Å². The van der Waals surface area contributed by atoms with Gasteiger partial charge in [-0.25, -0.2) is 0 Å². The lowest BCUT2D eigenvalue weighted by molar-refractivity contribution is -0.282. The van der Waals surface area contributed by atoms with Crippen molar-refractivity contribution in [1.29, 1.82) is 0 Å². The molecule has 0 amide bonds. The molecule has 146 valence electrons. The van der Waals surface area contributed by atoms with E-state index in [1.807, 2.05) is 20.8 Å². The van der Waals surface area contributed by atoms with E-state index < -0.39 is 11.0 Å². The minimum atomic E-state index is -0.573. The van der Waals surface area contributed by atoms with Gasteiger partial charge in [0.2, 0.25) is 0 Å². The van der Waals surface area contributed by atoms with Gasteiger partial charge in [0, 0.05) is 24.3 Å². The molecule has 1 aliphatic carbocycles. The molecule has 1 saturated carbocycles. The first-order chi connectivity index (χ1) is 11.6. The molecule has 0 bridgehead atoms. The van der Waals surface area contributed by atoms with Crippen molar-refractivity contribution >= 4 is 5.97 Å². The van der Waals surface area contributed by atoms with Crippen molar-refractivity contribution in [3.63, 3.8) is 0 Å². The third-order valence-corrected chi connectivity index (χ3v) is 5.97. The van der Waals surface area contributed by atoms with Gasteiger partial charge >= 0.3 is 5.97 Å².